The van der Waals surface area contributed by atoms with Gasteiger partial charge in [-0.05, 0) is 59.3 Å². The number of imidazole rings is 1. The molecule has 9 aromatic rings. The van der Waals surface area contributed by atoms with Gasteiger partial charge >= 0.3 is 0 Å². The van der Waals surface area contributed by atoms with Gasteiger partial charge in [-0.15, -0.1) is 54.1 Å². The summed E-state index contributed by atoms with van der Waals surface area (Å²) in [7, 11) is 0. The van der Waals surface area contributed by atoms with Crippen LogP contribution in [0.5, 0.6) is 0 Å². The van der Waals surface area contributed by atoms with Crippen LogP contribution in [0.25, 0.3) is 72.7 Å². The molecule has 0 N–H and O–H groups in total. The molecule has 0 unspecified atom stereocenters. The monoisotopic (exact) mass is 884 g/mol. The molecule has 269 valence electrons. The molecule has 5 aromatic carbocycles. The quantitative estimate of drug-likeness (QED) is 0.156. The first-order valence-corrected chi connectivity index (χ1v) is 17.9. The van der Waals surface area contributed by atoms with Gasteiger partial charge in [-0.1, -0.05) is 118 Å². The molecule has 0 atom stereocenters. The van der Waals surface area contributed by atoms with Gasteiger partial charge in [-0.25, -0.2) is 4.98 Å². The SMILES string of the molecule is CC(C)c1cccc(C(C)C)c1-n1c(-c2[c-]ccc3c2oc2ccccc23)nc2ccc(-c3ccccc3)nc21.[2H]C([2H])([2H])c1ccc(-c2[c-]cccc2)nc1.[Ir]. The number of fused-ring (bicyclic) bond motifs is 4. The van der Waals surface area contributed by atoms with E-state index in [4.69, 9.17) is 18.5 Å². The first-order valence-electron chi connectivity index (χ1n) is 19.4. The number of rotatable bonds is 6. The van der Waals surface area contributed by atoms with Crippen molar-refractivity contribution in [3.8, 4) is 39.6 Å². The number of para-hydroxylation sites is 2. The second-order valence-electron chi connectivity index (χ2n) is 13.7. The van der Waals surface area contributed by atoms with Crippen molar-refractivity contribution < 1.29 is 28.6 Å². The molecule has 0 aliphatic rings. The molecule has 6 heteroatoms. The van der Waals surface area contributed by atoms with Crippen molar-refractivity contribution in [3.05, 3.63) is 168 Å². The summed E-state index contributed by atoms with van der Waals surface area (Å²) in [6.45, 7) is 6.90. The molecule has 0 aliphatic carbocycles. The van der Waals surface area contributed by atoms with E-state index in [-0.39, 0.29) is 25.7 Å². The summed E-state index contributed by atoms with van der Waals surface area (Å²) in [5.41, 5.74) is 11.6. The Balaban J connectivity index is 0.000000246. The second-order valence-corrected chi connectivity index (χ2v) is 13.7. The van der Waals surface area contributed by atoms with Crippen molar-refractivity contribution in [2.24, 2.45) is 0 Å². The third kappa shape index (κ3) is 7.03. The van der Waals surface area contributed by atoms with Crippen LogP contribution >= 0.6 is 0 Å². The van der Waals surface area contributed by atoms with Crippen LogP contribution in [0, 0.1) is 19.0 Å². The molecule has 0 amide bonds. The Bertz CT molecular complexity index is 2770. The summed E-state index contributed by atoms with van der Waals surface area (Å²) < 4.78 is 30.4. The zero-order chi connectivity index (χ0) is 39.0. The number of hydrogen-bond acceptors (Lipinski definition) is 4. The number of furan rings is 1. The molecule has 0 saturated carbocycles. The van der Waals surface area contributed by atoms with Gasteiger partial charge < -0.3 is 14.0 Å². The molecule has 4 heterocycles. The summed E-state index contributed by atoms with van der Waals surface area (Å²) in [5.74, 6) is 1.40. The zero-order valence-electron chi connectivity index (χ0n) is 33.5. The van der Waals surface area contributed by atoms with Crippen LogP contribution < -0.4 is 0 Å². The summed E-state index contributed by atoms with van der Waals surface area (Å²) in [6, 6.07) is 50.6. The fraction of sp³-hybridized carbons (Fsp3) is 0.146. The van der Waals surface area contributed by atoms with Crippen LogP contribution in [0.3, 0.4) is 0 Å². The van der Waals surface area contributed by atoms with Gasteiger partial charge in [-0.2, -0.15) is 0 Å². The predicted molar refractivity (Wildman–Crippen MR) is 217 cm³/mol. The minimum absolute atomic E-state index is 0. The van der Waals surface area contributed by atoms with Gasteiger partial charge in [0.2, 0.25) is 0 Å². The predicted octanol–water partition coefficient (Wildman–Crippen LogP) is 12.6. The number of aromatic nitrogens is 4. The Morgan fingerprint density at radius 3 is 2.11 bits per heavy atom. The maximum absolute atomic E-state index is 7.23. The zero-order valence-corrected chi connectivity index (χ0v) is 32.9. The van der Waals surface area contributed by atoms with Gasteiger partial charge in [0.25, 0.3) is 0 Å². The third-order valence-electron chi connectivity index (χ3n) is 9.45. The minimum atomic E-state index is -2.09. The molecule has 0 saturated heterocycles. The molecule has 0 fully saturated rings. The summed E-state index contributed by atoms with van der Waals surface area (Å²) >= 11 is 0. The van der Waals surface area contributed by atoms with Crippen molar-refractivity contribution in [3.63, 3.8) is 0 Å². The van der Waals surface area contributed by atoms with Gasteiger partial charge in [0.1, 0.15) is 5.58 Å². The van der Waals surface area contributed by atoms with Crippen LogP contribution in [0.2, 0.25) is 0 Å². The third-order valence-corrected chi connectivity index (χ3v) is 9.45. The number of nitrogens with zero attached hydrogens (tertiary/aromatic N) is 4. The summed E-state index contributed by atoms with van der Waals surface area (Å²) in [5, 5.41) is 2.15. The summed E-state index contributed by atoms with van der Waals surface area (Å²) in [4.78, 5) is 14.6. The van der Waals surface area contributed by atoms with E-state index in [1.54, 1.807) is 18.2 Å². The standard InChI is InChI=1S/C36H30N3O.C12H10N.Ir/c1-22(2)25-15-10-16-26(23(3)4)33(25)39-35(29-18-11-17-28-27-14-8-9-19-32(27)40-34(28)29)38-31-21-20-30(37-36(31)39)24-12-6-5-7-13-24;1-10-7-8-12(13-9-10)11-5-3-2-4-6-11;/h5-17,19-23H,1-4H3;2-5,7-9H,1H3;/q2*-1;/i;1D3;. The second kappa shape index (κ2) is 15.7. The average Bonchev–Trinajstić information content (AvgIpc) is 3.79. The van der Waals surface area contributed by atoms with Crippen LogP contribution in [0.15, 0.2) is 144 Å². The first kappa shape index (κ1) is 32.9. The Hall–Kier alpha value is -5.68. The maximum Gasteiger partial charge on any atom is 0.156 e. The van der Waals surface area contributed by atoms with Crippen LogP contribution in [-0.2, 0) is 20.1 Å². The fourth-order valence-electron chi connectivity index (χ4n) is 6.84. The van der Waals surface area contributed by atoms with E-state index in [1.165, 1.54) is 17.3 Å². The number of pyridine rings is 2. The van der Waals surface area contributed by atoms with Crippen LogP contribution in [0.4, 0.5) is 0 Å². The van der Waals surface area contributed by atoms with E-state index >= 15 is 0 Å². The van der Waals surface area contributed by atoms with E-state index in [1.807, 2.05) is 60.7 Å². The van der Waals surface area contributed by atoms with E-state index in [0.717, 1.165) is 72.7 Å². The fourth-order valence-corrected chi connectivity index (χ4v) is 6.84. The maximum atomic E-state index is 7.23. The number of hydrogen-bond donors (Lipinski definition) is 0. The van der Waals surface area contributed by atoms with Gasteiger partial charge in [-0.3, -0.25) is 4.98 Å². The topological polar surface area (TPSA) is 56.7 Å². The van der Waals surface area contributed by atoms with Crippen molar-refractivity contribution in [1.82, 2.24) is 19.5 Å². The van der Waals surface area contributed by atoms with E-state index in [0.29, 0.717) is 11.8 Å². The summed E-state index contributed by atoms with van der Waals surface area (Å²) in [6.07, 6.45) is 1.39. The Morgan fingerprint density at radius 1 is 0.667 bits per heavy atom. The molecule has 54 heavy (non-hydrogen) atoms. The molecule has 4 aromatic heterocycles. The van der Waals surface area contributed by atoms with E-state index < -0.39 is 6.85 Å². The van der Waals surface area contributed by atoms with Crippen LogP contribution in [0.1, 0.15) is 60.3 Å². The Kier molecular flexibility index (Phi) is 9.60. The molecule has 0 spiro atoms. The van der Waals surface area contributed by atoms with E-state index in [2.05, 4.69) is 104 Å². The molecular weight excluding hydrogens is 841 g/mol. The normalized spacial score (nSPS) is 12.3. The molecule has 0 bridgehead atoms. The van der Waals surface area contributed by atoms with Crippen LogP contribution in [-0.4, -0.2) is 19.5 Å². The smallest absolute Gasteiger partial charge is 0.156 e. The van der Waals surface area contributed by atoms with Gasteiger partial charge in [0.15, 0.2) is 5.65 Å². The van der Waals surface area contributed by atoms with Crippen molar-refractivity contribution in [2.45, 2.75) is 46.4 Å². The average molecular weight is 884 g/mol. The van der Waals surface area contributed by atoms with Gasteiger partial charge in [0.05, 0.1) is 22.6 Å². The van der Waals surface area contributed by atoms with E-state index in [9.17, 15) is 0 Å². The molecule has 9 rings (SSSR count). The molecule has 1 radical (unpaired) electrons. The molecular formula is C48H40IrN4O-2. The molecule has 5 nitrogen and oxygen atoms in total. The molecule has 0 aliphatic heterocycles. The number of aryl methyl sites for hydroxylation is 1. The van der Waals surface area contributed by atoms with Crippen molar-refractivity contribution >= 4 is 33.1 Å². The Morgan fingerprint density at radius 2 is 1.41 bits per heavy atom. The first-order chi connectivity index (χ1) is 27.1. The number of benzene rings is 5. The largest absolute Gasteiger partial charge is 0.501 e. The van der Waals surface area contributed by atoms with Gasteiger partial charge in [0, 0.05) is 47.1 Å². The van der Waals surface area contributed by atoms with Crippen molar-refractivity contribution in [2.75, 3.05) is 0 Å². The minimum Gasteiger partial charge on any atom is -0.501 e. The van der Waals surface area contributed by atoms with Crippen molar-refractivity contribution in [1.29, 1.82) is 0 Å². The Labute approximate surface area is 334 Å².